The van der Waals surface area contributed by atoms with Crippen molar-refractivity contribution in [2.24, 2.45) is 0 Å². The van der Waals surface area contributed by atoms with Crippen molar-refractivity contribution >= 4 is 27.5 Å². The Morgan fingerprint density at radius 1 is 1.23 bits per heavy atom. The smallest absolute Gasteiger partial charge is 0.306 e. The molecule has 0 radical (unpaired) electrons. The highest BCUT2D eigenvalue weighted by Gasteiger charge is 2.06. The lowest BCUT2D eigenvalue weighted by Crippen LogP contribution is -2.06. The topological polar surface area (TPSA) is 52.1 Å². The van der Waals surface area contributed by atoms with Gasteiger partial charge in [-0.3, -0.25) is 9.78 Å². The van der Waals surface area contributed by atoms with Crippen molar-refractivity contribution in [3.63, 3.8) is 0 Å². The molecule has 0 N–H and O–H groups in total. The van der Waals surface area contributed by atoms with Crippen LogP contribution in [-0.4, -0.2) is 15.9 Å². The number of esters is 1. The third-order valence-corrected chi connectivity index (χ3v) is 4.14. The van der Waals surface area contributed by atoms with Crippen LogP contribution in [0.1, 0.15) is 23.1 Å². The van der Waals surface area contributed by atoms with E-state index < -0.39 is 0 Å². The maximum atomic E-state index is 11.8. The molecule has 0 bridgehead atoms. The second-order valence-corrected chi connectivity index (χ2v) is 6.07. The molecule has 112 valence electrons. The Morgan fingerprint density at radius 3 is 3.00 bits per heavy atom. The van der Waals surface area contributed by atoms with Gasteiger partial charge in [0.25, 0.3) is 0 Å². The average molecular weight is 312 g/mol. The Labute approximate surface area is 132 Å². The Hall–Kier alpha value is -2.27. The van der Waals surface area contributed by atoms with Crippen molar-refractivity contribution in [1.29, 1.82) is 0 Å². The first-order chi connectivity index (χ1) is 10.7. The minimum atomic E-state index is -0.189. The van der Waals surface area contributed by atoms with E-state index in [9.17, 15) is 4.79 Å². The zero-order chi connectivity index (χ0) is 15.4. The third kappa shape index (κ3) is 3.68. The first kappa shape index (κ1) is 14.7. The van der Waals surface area contributed by atoms with Crippen molar-refractivity contribution in [1.82, 2.24) is 9.97 Å². The minimum absolute atomic E-state index is 0.189. The highest BCUT2D eigenvalue weighted by molar-refractivity contribution is 7.16. The van der Waals surface area contributed by atoms with Crippen LogP contribution < -0.4 is 0 Å². The van der Waals surface area contributed by atoms with Gasteiger partial charge in [0.1, 0.15) is 6.61 Å². The molecule has 2 heterocycles. The molecule has 0 amide bonds. The Balaban J connectivity index is 1.51. The molecule has 4 nitrogen and oxygen atoms in total. The van der Waals surface area contributed by atoms with Gasteiger partial charge in [-0.2, -0.15) is 0 Å². The summed E-state index contributed by atoms with van der Waals surface area (Å²) in [7, 11) is 0. The molecule has 0 atom stereocenters. The molecular weight excluding hydrogens is 296 g/mol. The Bertz CT molecular complexity index is 798. The highest BCUT2D eigenvalue weighted by Crippen LogP contribution is 2.20. The van der Waals surface area contributed by atoms with Crippen LogP contribution in [0.2, 0.25) is 0 Å². The molecule has 22 heavy (non-hydrogen) atoms. The molecule has 0 fully saturated rings. The molecule has 0 unspecified atom stereocenters. The minimum Gasteiger partial charge on any atom is -0.461 e. The zero-order valence-corrected chi connectivity index (χ0v) is 13.1. The number of pyridine rings is 1. The standard InChI is InChI=1S/C17H16N2O2S/c1-12-6-14(9-18-8-12)10-21-17(20)5-3-13-2-4-15-16(7-13)22-11-19-15/h2,4,6-9,11H,3,5,10H2,1H3. The number of hydrogen-bond acceptors (Lipinski definition) is 5. The predicted molar refractivity (Wildman–Crippen MR) is 86.7 cm³/mol. The molecule has 0 aliphatic rings. The lowest BCUT2D eigenvalue weighted by Gasteiger charge is -2.05. The van der Waals surface area contributed by atoms with Crippen molar-refractivity contribution in [2.75, 3.05) is 0 Å². The fourth-order valence-electron chi connectivity index (χ4n) is 2.23. The van der Waals surface area contributed by atoms with E-state index in [-0.39, 0.29) is 12.6 Å². The van der Waals surface area contributed by atoms with Crippen molar-refractivity contribution in [3.05, 3.63) is 58.9 Å². The van der Waals surface area contributed by atoms with Crippen LogP contribution >= 0.6 is 11.3 Å². The lowest BCUT2D eigenvalue weighted by atomic mass is 10.1. The summed E-state index contributed by atoms with van der Waals surface area (Å²) in [5.74, 6) is -0.189. The van der Waals surface area contributed by atoms with E-state index >= 15 is 0 Å². The van der Waals surface area contributed by atoms with Gasteiger partial charge in [-0.05, 0) is 42.7 Å². The highest BCUT2D eigenvalue weighted by atomic mass is 32.1. The quantitative estimate of drug-likeness (QED) is 0.674. The zero-order valence-electron chi connectivity index (χ0n) is 12.3. The van der Waals surface area contributed by atoms with Gasteiger partial charge < -0.3 is 4.74 Å². The number of nitrogens with zero attached hydrogens (tertiary/aromatic N) is 2. The number of aromatic nitrogens is 2. The molecule has 5 heteroatoms. The van der Waals surface area contributed by atoms with Crippen molar-refractivity contribution < 1.29 is 9.53 Å². The number of rotatable bonds is 5. The number of fused-ring (bicyclic) bond motifs is 1. The van der Waals surface area contributed by atoms with E-state index in [0.717, 1.165) is 26.9 Å². The monoisotopic (exact) mass is 312 g/mol. The van der Waals surface area contributed by atoms with Gasteiger partial charge in [0.2, 0.25) is 0 Å². The van der Waals surface area contributed by atoms with Crippen molar-refractivity contribution in [2.45, 2.75) is 26.4 Å². The average Bonchev–Trinajstić information content (AvgIpc) is 2.98. The largest absolute Gasteiger partial charge is 0.461 e. The van der Waals surface area contributed by atoms with E-state index in [1.165, 1.54) is 0 Å². The van der Waals surface area contributed by atoms with Crippen LogP contribution in [-0.2, 0) is 22.6 Å². The van der Waals surface area contributed by atoms with E-state index in [0.29, 0.717) is 12.8 Å². The van der Waals surface area contributed by atoms with Crippen LogP contribution in [0.25, 0.3) is 10.2 Å². The second kappa shape index (κ2) is 6.66. The summed E-state index contributed by atoms with van der Waals surface area (Å²) >= 11 is 1.61. The number of hydrogen-bond donors (Lipinski definition) is 0. The Kier molecular flexibility index (Phi) is 4.44. The fraction of sp³-hybridized carbons (Fsp3) is 0.235. The lowest BCUT2D eigenvalue weighted by molar-refractivity contribution is -0.144. The normalized spacial score (nSPS) is 10.8. The van der Waals surface area contributed by atoms with Gasteiger partial charge in [0.15, 0.2) is 0 Å². The van der Waals surface area contributed by atoms with Crippen molar-refractivity contribution in [3.8, 4) is 0 Å². The van der Waals surface area contributed by atoms with E-state index in [4.69, 9.17) is 4.74 Å². The van der Waals surface area contributed by atoms with Crippen LogP contribution in [0.3, 0.4) is 0 Å². The second-order valence-electron chi connectivity index (χ2n) is 5.19. The summed E-state index contributed by atoms with van der Waals surface area (Å²) in [6.07, 6.45) is 4.56. The predicted octanol–water partition coefficient (Wildman–Crippen LogP) is 3.68. The molecule has 0 spiro atoms. The molecule has 0 aliphatic carbocycles. The first-order valence-electron chi connectivity index (χ1n) is 7.09. The maximum Gasteiger partial charge on any atom is 0.306 e. The summed E-state index contributed by atoms with van der Waals surface area (Å²) in [5, 5.41) is 0. The van der Waals surface area contributed by atoms with Gasteiger partial charge in [0.05, 0.1) is 15.7 Å². The number of aryl methyl sites for hydroxylation is 2. The van der Waals surface area contributed by atoms with Gasteiger partial charge in [-0.1, -0.05) is 6.07 Å². The molecule has 3 rings (SSSR count). The van der Waals surface area contributed by atoms with Gasteiger partial charge in [-0.25, -0.2) is 4.98 Å². The van der Waals surface area contributed by atoms with Crippen LogP contribution in [0.5, 0.6) is 0 Å². The summed E-state index contributed by atoms with van der Waals surface area (Å²) < 4.78 is 6.44. The fourth-order valence-corrected chi connectivity index (χ4v) is 2.97. The van der Waals surface area contributed by atoms with Gasteiger partial charge in [-0.15, -0.1) is 11.3 Å². The van der Waals surface area contributed by atoms with Crippen LogP contribution in [0, 0.1) is 6.92 Å². The van der Waals surface area contributed by atoms with Gasteiger partial charge >= 0.3 is 5.97 Å². The summed E-state index contributed by atoms with van der Waals surface area (Å²) in [5.41, 5.74) is 5.94. The molecule has 0 aliphatic heterocycles. The van der Waals surface area contributed by atoms with E-state index in [1.54, 1.807) is 23.7 Å². The molecule has 0 saturated carbocycles. The first-order valence-corrected chi connectivity index (χ1v) is 7.97. The SMILES string of the molecule is Cc1cncc(COC(=O)CCc2ccc3ncsc3c2)c1. The summed E-state index contributed by atoms with van der Waals surface area (Å²) in [6, 6.07) is 8.06. The molecule has 1 aromatic carbocycles. The van der Waals surface area contributed by atoms with E-state index in [2.05, 4.69) is 16.0 Å². The third-order valence-electron chi connectivity index (χ3n) is 3.34. The van der Waals surface area contributed by atoms with E-state index in [1.807, 2.05) is 30.6 Å². The molecule has 2 aromatic heterocycles. The number of benzene rings is 1. The number of carbonyl (C=O) groups is 1. The van der Waals surface area contributed by atoms with Gasteiger partial charge in [0, 0.05) is 24.4 Å². The maximum absolute atomic E-state index is 11.8. The Morgan fingerprint density at radius 2 is 2.14 bits per heavy atom. The number of thiazole rings is 1. The molecule has 3 aromatic rings. The summed E-state index contributed by atoms with van der Waals surface area (Å²) in [6.45, 7) is 2.25. The molecular formula is C17H16N2O2S. The van der Waals surface area contributed by atoms with Crippen LogP contribution in [0.4, 0.5) is 0 Å². The summed E-state index contributed by atoms with van der Waals surface area (Å²) in [4.78, 5) is 20.2. The number of carbonyl (C=O) groups excluding carboxylic acids is 1. The molecule has 0 saturated heterocycles. The van der Waals surface area contributed by atoms with Crippen LogP contribution in [0.15, 0.2) is 42.2 Å². The number of ether oxygens (including phenoxy) is 1.